The van der Waals surface area contributed by atoms with Crippen LogP contribution in [0.4, 0.5) is 5.00 Å². The van der Waals surface area contributed by atoms with Crippen LogP contribution in [0, 0.1) is 22.7 Å². The number of carbonyl (C=O) groups excluding carboxylic acids is 2. The molecule has 1 aliphatic rings. The molecule has 4 rings (SSSR count). The fourth-order valence-corrected chi connectivity index (χ4v) is 5.39. The highest BCUT2D eigenvalue weighted by molar-refractivity contribution is 7.16. The molecule has 34 heavy (non-hydrogen) atoms. The summed E-state index contributed by atoms with van der Waals surface area (Å²) < 4.78 is 6.60. The zero-order valence-electron chi connectivity index (χ0n) is 19.4. The molecule has 1 amide bonds. The van der Waals surface area contributed by atoms with Crippen molar-refractivity contribution in [3.05, 3.63) is 52.6 Å². The van der Waals surface area contributed by atoms with E-state index in [1.54, 1.807) is 12.1 Å². The van der Waals surface area contributed by atoms with Gasteiger partial charge < -0.3 is 10.1 Å². The number of amides is 1. The molecule has 3 heterocycles. The number of fused-ring (bicyclic) bond motifs is 1. The number of thiophene rings is 1. The molecule has 3 aromatic rings. The normalized spacial score (nSPS) is 15.3. The number of esters is 1. The number of rotatable bonds is 7. The third-order valence-electron chi connectivity index (χ3n) is 6.62. The number of nitrogens with zero attached hydrogens (tertiary/aromatic N) is 5. The van der Waals surface area contributed by atoms with E-state index < -0.39 is 18.5 Å². The molecule has 1 atom stereocenters. The summed E-state index contributed by atoms with van der Waals surface area (Å²) in [4.78, 5) is 34.0. The van der Waals surface area contributed by atoms with Crippen molar-refractivity contribution in [2.45, 2.75) is 46.5 Å². The van der Waals surface area contributed by atoms with Gasteiger partial charge in [-0.3, -0.25) is 4.79 Å². The Morgan fingerprint density at radius 3 is 2.85 bits per heavy atom. The van der Waals surface area contributed by atoms with E-state index in [1.165, 1.54) is 39.7 Å². The van der Waals surface area contributed by atoms with Gasteiger partial charge in [-0.1, -0.05) is 27.2 Å². The van der Waals surface area contributed by atoms with Gasteiger partial charge in [0.2, 0.25) is 0 Å². The molecule has 0 unspecified atom stereocenters. The lowest BCUT2D eigenvalue weighted by Gasteiger charge is -2.36. The lowest BCUT2D eigenvalue weighted by Crippen LogP contribution is -2.28. The van der Waals surface area contributed by atoms with Gasteiger partial charge in [-0.15, -0.1) is 11.3 Å². The second-order valence-electron chi connectivity index (χ2n) is 8.97. The first-order valence-electron chi connectivity index (χ1n) is 11.1. The molecule has 0 aliphatic heterocycles. The number of carbonyl (C=O) groups is 2. The molecular formula is C24H26N6O3S. The summed E-state index contributed by atoms with van der Waals surface area (Å²) in [5, 5.41) is 17.0. The van der Waals surface area contributed by atoms with Crippen LogP contribution >= 0.6 is 11.3 Å². The van der Waals surface area contributed by atoms with E-state index in [1.807, 2.05) is 0 Å². The lowest BCUT2D eigenvalue weighted by atomic mass is 9.69. The van der Waals surface area contributed by atoms with Gasteiger partial charge in [-0.25, -0.2) is 19.4 Å². The highest BCUT2D eigenvalue weighted by Crippen LogP contribution is 2.45. The summed E-state index contributed by atoms with van der Waals surface area (Å²) in [5.41, 5.74) is 2.02. The maximum Gasteiger partial charge on any atom is 0.340 e. The fraction of sp³-hybridized carbons (Fsp3) is 0.417. The van der Waals surface area contributed by atoms with Crippen LogP contribution in [0.5, 0.6) is 0 Å². The molecule has 0 fully saturated rings. The number of ether oxygens (including phenoxy) is 1. The average molecular weight is 479 g/mol. The smallest absolute Gasteiger partial charge is 0.340 e. The molecule has 0 saturated carbocycles. The standard InChI is InChI=1S/C24H26N6O3S/c1-4-24(2,3)16-6-7-17-18(10-25)22(34-19(17)9-16)29-21(31)12-33-23(32)15-5-8-20(27-11-15)30-14-26-13-28-30/h5,8,11,13-14,16H,4,6-7,9,12H2,1-3H3,(H,29,31)/t16-/m0/s1. The van der Waals surface area contributed by atoms with Crippen molar-refractivity contribution in [2.24, 2.45) is 11.3 Å². The third kappa shape index (κ3) is 4.84. The molecule has 0 radical (unpaired) electrons. The molecule has 0 bridgehead atoms. The van der Waals surface area contributed by atoms with E-state index in [9.17, 15) is 14.9 Å². The number of hydrogen-bond donors (Lipinski definition) is 1. The molecular weight excluding hydrogens is 452 g/mol. The second kappa shape index (κ2) is 9.73. The van der Waals surface area contributed by atoms with Crippen molar-refractivity contribution in [1.82, 2.24) is 19.7 Å². The van der Waals surface area contributed by atoms with Crippen LogP contribution in [0.3, 0.4) is 0 Å². The Bertz CT molecular complexity index is 1220. The molecule has 1 N–H and O–H groups in total. The third-order valence-corrected chi connectivity index (χ3v) is 7.79. The Morgan fingerprint density at radius 1 is 1.38 bits per heavy atom. The van der Waals surface area contributed by atoms with E-state index in [-0.39, 0.29) is 11.0 Å². The Morgan fingerprint density at radius 2 is 2.21 bits per heavy atom. The number of hydrogen-bond acceptors (Lipinski definition) is 8. The molecule has 176 valence electrons. The summed E-state index contributed by atoms with van der Waals surface area (Å²) in [6.45, 7) is 6.33. The van der Waals surface area contributed by atoms with Crippen molar-refractivity contribution < 1.29 is 14.3 Å². The molecule has 3 aromatic heterocycles. The molecule has 0 saturated heterocycles. The Hall–Kier alpha value is -3.58. The van der Waals surface area contributed by atoms with Gasteiger partial charge in [0.25, 0.3) is 5.91 Å². The fourth-order valence-electron chi connectivity index (χ4n) is 4.09. The van der Waals surface area contributed by atoms with E-state index >= 15 is 0 Å². The van der Waals surface area contributed by atoms with Gasteiger partial charge in [0.1, 0.15) is 23.7 Å². The first kappa shape index (κ1) is 23.6. The van der Waals surface area contributed by atoms with Crippen LogP contribution < -0.4 is 5.32 Å². The molecule has 10 heteroatoms. The average Bonchev–Trinajstić information content (AvgIpc) is 3.50. The maximum atomic E-state index is 12.5. The Labute approximate surface area is 201 Å². The summed E-state index contributed by atoms with van der Waals surface area (Å²) in [7, 11) is 0. The van der Waals surface area contributed by atoms with Gasteiger partial charge in [-0.2, -0.15) is 10.4 Å². The monoisotopic (exact) mass is 478 g/mol. The quantitative estimate of drug-likeness (QED) is 0.510. The van der Waals surface area contributed by atoms with E-state index in [0.29, 0.717) is 22.3 Å². The minimum absolute atomic E-state index is 0.213. The van der Waals surface area contributed by atoms with E-state index in [2.05, 4.69) is 47.2 Å². The van der Waals surface area contributed by atoms with Crippen LogP contribution in [-0.2, 0) is 22.4 Å². The van der Waals surface area contributed by atoms with Crippen molar-refractivity contribution in [3.63, 3.8) is 0 Å². The van der Waals surface area contributed by atoms with Gasteiger partial charge in [0, 0.05) is 11.1 Å². The number of anilines is 1. The molecule has 9 nitrogen and oxygen atoms in total. The Balaban J connectivity index is 1.37. The molecule has 0 aromatic carbocycles. The van der Waals surface area contributed by atoms with Crippen LogP contribution in [0.2, 0.25) is 0 Å². The SMILES string of the molecule is CCC(C)(C)[C@H]1CCc2c(sc(NC(=O)COC(=O)c3ccc(-n4cncn4)nc3)c2C#N)C1. The predicted octanol–water partition coefficient (Wildman–Crippen LogP) is 3.93. The lowest BCUT2D eigenvalue weighted by molar-refractivity contribution is -0.119. The van der Waals surface area contributed by atoms with Gasteiger partial charge in [-0.05, 0) is 48.3 Å². The zero-order valence-corrected chi connectivity index (χ0v) is 20.2. The van der Waals surface area contributed by atoms with Crippen LogP contribution in [0.25, 0.3) is 5.82 Å². The zero-order chi connectivity index (χ0) is 24.3. The number of aromatic nitrogens is 4. The van der Waals surface area contributed by atoms with Crippen LogP contribution in [-0.4, -0.2) is 38.2 Å². The molecule has 1 aliphatic carbocycles. The van der Waals surface area contributed by atoms with Crippen molar-refractivity contribution >= 4 is 28.2 Å². The Kier molecular flexibility index (Phi) is 6.75. The minimum atomic E-state index is -0.664. The maximum absolute atomic E-state index is 12.5. The summed E-state index contributed by atoms with van der Waals surface area (Å²) in [6, 6.07) is 5.40. The number of nitriles is 1. The highest BCUT2D eigenvalue weighted by atomic mass is 32.1. The highest BCUT2D eigenvalue weighted by Gasteiger charge is 2.34. The number of nitrogens with one attached hydrogen (secondary N) is 1. The topological polar surface area (TPSA) is 123 Å². The van der Waals surface area contributed by atoms with Gasteiger partial charge in [0.15, 0.2) is 12.4 Å². The second-order valence-corrected chi connectivity index (χ2v) is 10.1. The minimum Gasteiger partial charge on any atom is -0.452 e. The first-order chi connectivity index (χ1) is 16.3. The van der Waals surface area contributed by atoms with Crippen molar-refractivity contribution in [3.8, 4) is 11.9 Å². The van der Waals surface area contributed by atoms with E-state index in [4.69, 9.17) is 4.74 Å². The van der Waals surface area contributed by atoms with E-state index in [0.717, 1.165) is 31.2 Å². The van der Waals surface area contributed by atoms with Crippen LogP contribution in [0.1, 0.15) is 60.0 Å². The van der Waals surface area contributed by atoms with Gasteiger partial charge >= 0.3 is 5.97 Å². The van der Waals surface area contributed by atoms with Gasteiger partial charge in [0.05, 0.1) is 11.1 Å². The number of pyridine rings is 1. The molecule has 0 spiro atoms. The summed E-state index contributed by atoms with van der Waals surface area (Å²) in [6.07, 6.45) is 8.11. The van der Waals surface area contributed by atoms with Crippen LogP contribution in [0.15, 0.2) is 31.0 Å². The van der Waals surface area contributed by atoms with Crippen molar-refractivity contribution in [1.29, 1.82) is 5.26 Å². The summed E-state index contributed by atoms with van der Waals surface area (Å²) >= 11 is 1.46. The van der Waals surface area contributed by atoms with Crippen molar-refractivity contribution in [2.75, 3.05) is 11.9 Å². The first-order valence-corrected chi connectivity index (χ1v) is 12.0. The predicted molar refractivity (Wildman–Crippen MR) is 127 cm³/mol. The summed E-state index contributed by atoms with van der Waals surface area (Å²) in [5.74, 6) is -0.101. The largest absolute Gasteiger partial charge is 0.452 e.